The number of carbonyl (C=O) groups excluding carboxylic acids is 2. The van der Waals surface area contributed by atoms with Crippen LogP contribution in [0.3, 0.4) is 0 Å². The van der Waals surface area contributed by atoms with E-state index in [-0.39, 0.29) is 11.9 Å². The molecule has 0 bridgehead atoms. The maximum absolute atomic E-state index is 12.4. The molecule has 0 spiro atoms. The molecule has 3 rings (SSSR count). The molecule has 2 aromatic carbocycles. The number of ether oxygens (including phenoxy) is 2. The molecule has 2 aromatic rings. The largest absolute Gasteiger partial charge is 0.427 e. The highest BCUT2D eigenvalue weighted by Gasteiger charge is 2.20. The molecule has 0 amide bonds. The molecule has 0 saturated heterocycles. The second-order valence-electron chi connectivity index (χ2n) is 8.37. The Balaban J connectivity index is 1.51. The summed E-state index contributed by atoms with van der Waals surface area (Å²) in [5.41, 5.74) is 1.85. The van der Waals surface area contributed by atoms with Gasteiger partial charge in [0.25, 0.3) is 0 Å². The summed E-state index contributed by atoms with van der Waals surface area (Å²) in [6.45, 7) is 4.41. The summed E-state index contributed by atoms with van der Waals surface area (Å²) >= 11 is 0. The van der Waals surface area contributed by atoms with Gasteiger partial charge in [-0.3, -0.25) is 4.79 Å². The average molecular weight is 409 g/mol. The monoisotopic (exact) mass is 408 g/mol. The van der Waals surface area contributed by atoms with Crippen LogP contribution >= 0.6 is 0 Å². The standard InChI is InChI=1S/C26H32O4/c1-3-4-5-6-25(27)29-23-15-17-24(18-16-23)30-26(28)22-13-11-21(12-14-22)20-9-7-19(2)8-10-20/h11-20H,3-10H2,1-2H3. The Labute approximate surface area is 179 Å². The van der Waals surface area contributed by atoms with E-state index >= 15 is 0 Å². The van der Waals surface area contributed by atoms with Crippen LogP contribution in [0.4, 0.5) is 0 Å². The molecule has 160 valence electrons. The Morgan fingerprint density at radius 3 is 2.03 bits per heavy atom. The first-order valence-corrected chi connectivity index (χ1v) is 11.2. The van der Waals surface area contributed by atoms with Crippen molar-refractivity contribution in [2.75, 3.05) is 0 Å². The predicted octanol–water partition coefficient (Wildman–Crippen LogP) is 6.69. The third-order valence-corrected chi connectivity index (χ3v) is 5.88. The summed E-state index contributed by atoms with van der Waals surface area (Å²) in [6.07, 6.45) is 8.34. The quantitative estimate of drug-likeness (QED) is 0.277. The van der Waals surface area contributed by atoms with E-state index in [2.05, 4.69) is 26.0 Å². The average Bonchev–Trinajstić information content (AvgIpc) is 2.76. The van der Waals surface area contributed by atoms with Crippen LogP contribution in [0.25, 0.3) is 0 Å². The van der Waals surface area contributed by atoms with Crippen LogP contribution in [0.2, 0.25) is 0 Å². The molecule has 0 radical (unpaired) electrons. The van der Waals surface area contributed by atoms with Crippen LogP contribution in [0.5, 0.6) is 11.5 Å². The minimum absolute atomic E-state index is 0.235. The smallest absolute Gasteiger partial charge is 0.343 e. The maximum atomic E-state index is 12.4. The second-order valence-corrected chi connectivity index (χ2v) is 8.37. The van der Waals surface area contributed by atoms with E-state index in [1.54, 1.807) is 24.3 Å². The first-order valence-electron chi connectivity index (χ1n) is 11.2. The fourth-order valence-electron chi connectivity index (χ4n) is 3.93. The van der Waals surface area contributed by atoms with E-state index in [0.29, 0.717) is 29.4 Å². The second kappa shape index (κ2) is 11.0. The van der Waals surface area contributed by atoms with Gasteiger partial charge >= 0.3 is 11.9 Å². The molecule has 1 fully saturated rings. The van der Waals surface area contributed by atoms with E-state index in [4.69, 9.17) is 9.47 Å². The van der Waals surface area contributed by atoms with Crippen LogP contribution in [-0.4, -0.2) is 11.9 Å². The van der Waals surface area contributed by atoms with Crippen molar-refractivity contribution >= 4 is 11.9 Å². The number of unbranched alkanes of at least 4 members (excludes halogenated alkanes) is 2. The first-order chi connectivity index (χ1) is 14.5. The van der Waals surface area contributed by atoms with Crippen molar-refractivity contribution in [1.82, 2.24) is 0 Å². The van der Waals surface area contributed by atoms with Gasteiger partial charge < -0.3 is 9.47 Å². The maximum Gasteiger partial charge on any atom is 0.343 e. The van der Waals surface area contributed by atoms with Crippen molar-refractivity contribution in [3.63, 3.8) is 0 Å². The molecule has 1 aliphatic carbocycles. The summed E-state index contributed by atoms with van der Waals surface area (Å²) in [7, 11) is 0. The molecule has 4 heteroatoms. The highest BCUT2D eigenvalue weighted by Crippen LogP contribution is 2.35. The molecule has 0 atom stereocenters. The summed E-state index contributed by atoms with van der Waals surface area (Å²) in [6, 6.07) is 14.4. The van der Waals surface area contributed by atoms with Gasteiger partial charge in [0, 0.05) is 6.42 Å². The van der Waals surface area contributed by atoms with Crippen LogP contribution < -0.4 is 9.47 Å². The Hall–Kier alpha value is -2.62. The Bertz CT molecular complexity index is 815. The fraction of sp³-hybridized carbons (Fsp3) is 0.462. The Kier molecular flexibility index (Phi) is 8.06. The lowest BCUT2D eigenvalue weighted by molar-refractivity contribution is -0.134. The number of benzene rings is 2. The van der Waals surface area contributed by atoms with E-state index in [9.17, 15) is 9.59 Å². The highest BCUT2D eigenvalue weighted by molar-refractivity contribution is 5.91. The van der Waals surface area contributed by atoms with Crippen LogP contribution in [0.15, 0.2) is 48.5 Å². The van der Waals surface area contributed by atoms with Crippen LogP contribution in [0, 0.1) is 5.92 Å². The van der Waals surface area contributed by atoms with Gasteiger partial charge in [-0.2, -0.15) is 0 Å². The zero-order valence-corrected chi connectivity index (χ0v) is 18.1. The molecule has 1 saturated carbocycles. The lowest BCUT2D eigenvalue weighted by Gasteiger charge is -2.26. The molecule has 0 N–H and O–H groups in total. The van der Waals surface area contributed by atoms with E-state index in [0.717, 1.165) is 25.2 Å². The Morgan fingerprint density at radius 2 is 1.43 bits per heavy atom. The number of hydrogen-bond donors (Lipinski definition) is 0. The number of hydrogen-bond acceptors (Lipinski definition) is 4. The van der Waals surface area contributed by atoms with Crippen molar-refractivity contribution in [3.05, 3.63) is 59.7 Å². The molecule has 30 heavy (non-hydrogen) atoms. The van der Waals surface area contributed by atoms with Gasteiger partial charge in [-0.15, -0.1) is 0 Å². The highest BCUT2D eigenvalue weighted by atomic mass is 16.5. The van der Waals surface area contributed by atoms with Gasteiger partial charge in [0.15, 0.2) is 0 Å². The zero-order chi connectivity index (χ0) is 21.3. The van der Waals surface area contributed by atoms with Gasteiger partial charge in [0.2, 0.25) is 0 Å². The number of esters is 2. The molecule has 0 heterocycles. The lowest BCUT2D eigenvalue weighted by Crippen LogP contribution is -2.12. The normalized spacial score (nSPS) is 18.6. The van der Waals surface area contributed by atoms with Crippen molar-refractivity contribution in [2.45, 2.75) is 71.1 Å². The SMILES string of the molecule is CCCCCC(=O)Oc1ccc(OC(=O)c2ccc(C3CCC(C)CC3)cc2)cc1. The predicted molar refractivity (Wildman–Crippen MR) is 118 cm³/mol. The summed E-state index contributed by atoms with van der Waals surface area (Å²) in [4.78, 5) is 24.2. The van der Waals surface area contributed by atoms with Crippen molar-refractivity contribution < 1.29 is 19.1 Å². The molecular formula is C26H32O4. The molecule has 0 aliphatic heterocycles. The van der Waals surface area contributed by atoms with Crippen molar-refractivity contribution in [1.29, 1.82) is 0 Å². The topological polar surface area (TPSA) is 52.6 Å². The van der Waals surface area contributed by atoms with E-state index < -0.39 is 0 Å². The summed E-state index contributed by atoms with van der Waals surface area (Å²) in [5, 5.41) is 0. The van der Waals surface area contributed by atoms with Crippen LogP contribution in [-0.2, 0) is 4.79 Å². The third kappa shape index (κ3) is 6.45. The number of rotatable bonds is 8. The van der Waals surface area contributed by atoms with Crippen LogP contribution in [0.1, 0.15) is 87.1 Å². The number of carbonyl (C=O) groups is 2. The zero-order valence-electron chi connectivity index (χ0n) is 18.1. The van der Waals surface area contributed by atoms with E-state index in [1.807, 2.05) is 12.1 Å². The minimum atomic E-state index is -0.386. The Morgan fingerprint density at radius 1 is 0.833 bits per heavy atom. The van der Waals surface area contributed by atoms with Crippen molar-refractivity contribution in [2.24, 2.45) is 5.92 Å². The first kappa shape index (κ1) is 22.1. The third-order valence-electron chi connectivity index (χ3n) is 5.88. The summed E-state index contributed by atoms with van der Waals surface area (Å²) < 4.78 is 10.8. The molecule has 1 aliphatic rings. The molecule has 0 unspecified atom stereocenters. The van der Waals surface area contributed by atoms with Crippen molar-refractivity contribution in [3.8, 4) is 11.5 Å². The molecule has 4 nitrogen and oxygen atoms in total. The molecular weight excluding hydrogens is 376 g/mol. The van der Waals surface area contributed by atoms with Gasteiger partial charge in [-0.05, 0) is 73.1 Å². The fourth-order valence-corrected chi connectivity index (χ4v) is 3.93. The van der Waals surface area contributed by atoms with Gasteiger partial charge in [-0.1, -0.05) is 51.7 Å². The van der Waals surface area contributed by atoms with Gasteiger partial charge in [-0.25, -0.2) is 4.79 Å². The minimum Gasteiger partial charge on any atom is -0.427 e. The lowest BCUT2D eigenvalue weighted by atomic mass is 9.79. The van der Waals surface area contributed by atoms with E-state index in [1.165, 1.54) is 31.2 Å². The van der Waals surface area contributed by atoms with Gasteiger partial charge in [0.05, 0.1) is 5.56 Å². The summed E-state index contributed by atoms with van der Waals surface area (Å²) in [5.74, 6) is 1.69. The molecule has 0 aromatic heterocycles. The van der Waals surface area contributed by atoms with Gasteiger partial charge in [0.1, 0.15) is 11.5 Å².